The average molecular weight is 310 g/mol. The maximum atomic E-state index is 12.4. The molecular formula is C14H18N2O6. The molecule has 0 radical (unpaired) electrons. The second-order valence-electron chi connectivity index (χ2n) is 5.07. The summed E-state index contributed by atoms with van der Waals surface area (Å²) < 4.78 is 10.0. The summed E-state index contributed by atoms with van der Waals surface area (Å²) >= 11 is 0. The van der Waals surface area contributed by atoms with Crippen LogP contribution >= 0.6 is 0 Å². The molecule has 2 unspecified atom stereocenters. The highest BCUT2D eigenvalue weighted by Crippen LogP contribution is 2.13. The molecule has 22 heavy (non-hydrogen) atoms. The second kappa shape index (κ2) is 7.08. The number of carboxylic acid groups (broad SMARTS) is 1. The molecule has 8 nitrogen and oxygen atoms in total. The molecule has 0 aromatic carbocycles. The zero-order valence-electron chi connectivity index (χ0n) is 12.2. The molecule has 2 N–H and O–H groups in total. The van der Waals surface area contributed by atoms with Gasteiger partial charge in [0.2, 0.25) is 5.91 Å². The van der Waals surface area contributed by atoms with Crippen LogP contribution in [0.25, 0.3) is 0 Å². The Morgan fingerprint density at radius 1 is 1.50 bits per heavy atom. The molecule has 120 valence electrons. The third kappa shape index (κ3) is 3.85. The number of hydrogen-bond acceptors (Lipinski definition) is 5. The van der Waals surface area contributed by atoms with Crippen LogP contribution in [-0.2, 0) is 14.3 Å². The predicted molar refractivity (Wildman–Crippen MR) is 74.2 cm³/mol. The molecule has 1 saturated heterocycles. The molecule has 1 aromatic rings. The van der Waals surface area contributed by atoms with E-state index in [1.807, 2.05) is 0 Å². The first-order valence-electron chi connectivity index (χ1n) is 6.92. The van der Waals surface area contributed by atoms with Gasteiger partial charge < -0.3 is 24.5 Å². The molecule has 0 aliphatic carbocycles. The van der Waals surface area contributed by atoms with Crippen LogP contribution in [0.5, 0.6) is 0 Å². The summed E-state index contributed by atoms with van der Waals surface area (Å²) in [5.41, 5.74) is 0.323. The first kappa shape index (κ1) is 16.0. The van der Waals surface area contributed by atoms with Crippen molar-refractivity contribution in [1.29, 1.82) is 0 Å². The van der Waals surface area contributed by atoms with Crippen molar-refractivity contribution >= 4 is 17.8 Å². The zero-order chi connectivity index (χ0) is 16.1. The lowest BCUT2D eigenvalue weighted by Crippen LogP contribution is -2.55. The van der Waals surface area contributed by atoms with Crippen molar-refractivity contribution < 1.29 is 28.6 Å². The molecule has 1 aliphatic heterocycles. The zero-order valence-corrected chi connectivity index (χ0v) is 12.2. The Labute approximate surface area is 127 Å². The fourth-order valence-electron chi connectivity index (χ4n) is 2.30. The summed E-state index contributed by atoms with van der Waals surface area (Å²) in [5, 5.41) is 11.5. The molecule has 1 fully saturated rings. The van der Waals surface area contributed by atoms with E-state index in [2.05, 4.69) is 5.32 Å². The Balaban J connectivity index is 1.98. The van der Waals surface area contributed by atoms with E-state index in [1.165, 1.54) is 23.5 Å². The summed E-state index contributed by atoms with van der Waals surface area (Å²) in [6, 6.07) is 0.206. The van der Waals surface area contributed by atoms with Crippen LogP contribution in [0.3, 0.4) is 0 Å². The van der Waals surface area contributed by atoms with Crippen LogP contribution in [-0.4, -0.2) is 59.6 Å². The summed E-state index contributed by atoms with van der Waals surface area (Å²) in [7, 11) is 0. The first-order chi connectivity index (χ1) is 10.5. The lowest BCUT2D eigenvalue weighted by atomic mass is 10.1. The van der Waals surface area contributed by atoms with Gasteiger partial charge in [0.25, 0.3) is 5.91 Å². The highest BCUT2D eigenvalue weighted by Gasteiger charge is 2.32. The lowest BCUT2D eigenvalue weighted by molar-refractivity contribution is -0.147. The number of ether oxygens (including phenoxy) is 1. The van der Waals surface area contributed by atoms with E-state index in [-0.39, 0.29) is 18.9 Å². The van der Waals surface area contributed by atoms with E-state index in [1.54, 1.807) is 6.92 Å². The van der Waals surface area contributed by atoms with Gasteiger partial charge in [-0.2, -0.15) is 0 Å². The number of carbonyl (C=O) groups is 3. The summed E-state index contributed by atoms with van der Waals surface area (Å²) in [4.78, 5) is 36.7. The van der Waals surface area contributed by atoms with Crippen molar-refractivity contribution in [3.63, 3.8) is 0 Å². The Morgan fingerprint density at radius 3 is 2.91 bits per heavy atom. The summed E-state index contributed by atoms with van der Waals surface area (Å²) in [5.74, 6) is -1.74. The number of carbonyl (C=O) groups excluding carboxylic acids is 2. The van der Waals surface area contributed by atoms with Gasteiger partial charge in [0.1, 0.15) is 12.3 Å². The molecule has 0 bridgehead atoms. The fourth-order valence-corrected chi connectivity index (χ4v) is 2.30. The van der Waals surface area contributed by atoms with Crippen molar-refractivity contribution in [2.75, 3.05) is 19.8 Å². The number of amides is 2. The van der Waals surface area contributed by atoms with Crippen LogP contribution < -0.4 is 5.32 Å². The standard InChI is InChI=1S/C14H18N2O6/c1-9(15-13(19)10-2-4-21-7-10)14(20)16-3-5-22-8-11(16)6-12(17)18/h2,4,7,9,11H,3,5-6,8H2,1H3,(H,15,19)(H,17,18). The normalized spacial score (nSPS) is 19.5. The minimum atomic E-state index is -0.997. The SMILES string of the molecule is CC(NC(=O)c1ccoc1)C(=O)N1CCOCC1CC(=O)O. The minimum absolute atomic E-state index is 0.181. The molecule has 2 amide bonds. The quantitative estimate of drug-likeness (QED) is 0.798. The Kier molecular flexibility index (Phi) is 5.16. The largest absolute Gasteiger partial charge is 0.481 e. The van der Waals surface area contributed by atoms with Crippen LogP contribution in [0.1, 0.15) is 23.7 Å². The van der Waals surface area contributed by atoms with E-state index in [0.29, 0.717) is 18.7 Å². The smallest absolute Gasteiger partial charge is 0.305 e. The number of nitrogens with zero attached hydrogens (tertiary/aromatic N) is 1. The number of aliphatic carboxylic acids is 1. The Bertz CT molecular complexity index is 542. The number of furan rings is 1. The van der Waals surface area contributed by atoms with Crippen molar-refractivity contribution in [3.05, 3.63) is 24.2 Å². The maximum absolute atomic E-state index is 12.4. The molecule has 0 saturated carbocycles. The number of morpholine rings is 1. The van der Waals surface area contributed by atoms with Gasteiger partial charge in [0.05, 0.1) is 37.5 Å². The predicted octanol–water partition coefficient (Wildman–Crippen LogP) is 0.100. The molecule has 8 heteroatoms. The highest BCUT2D eigenvalue weighted by molar-refractivity contribution is 5.97. The van der Waals surface area contributed by atoms with Crippen LogP contribution in [0.4, 0.5) is 0 Å². The molecular weight excluding hydrogens is 292 g/mol. The van der Waals surface area contributed by atoms with Gasteiger partial charge in [-0.15, -0.1) is 0 Å². The van der Waals surface area contributed by atoms with Gasteiger partial charge in [0.15, 0.2) is 0 Å². The number of nitrogens with one attached hydrogen (secondary N) is 1. The molecule has 2 rings (SSSR count). The van der Waals surface area contributed by atoms with Gasteiger partial charge in [0, 0.05) is 6.54 Å². The molecule has 1 aromatic heterocycles. The van der Waals surface area contributed by atoms with Crippen molar-refractivity contribution in [1.82, 2.24) is 10.2 Å². The van der Waals surface area contributed by atoms with Crippen molar-refractivity contribution in [2.45, 2.75) is 25.4 Å². The van der Waals surface area contributed by atoms with Gasteiger partial charge in [-0.25, -0.2) is 0 Å². The van der Waals surface area contributed by atoms with Crippen LogP contribution in [0, 0.1) is 0 Å². The van der Waals surface area contributed by atoms with Crippen LogP contribution in [0.15, 0.2) is 23.0 Å². The van der Waals surface area contributed by atoms with Crippen molar-refractivity contribution in [2.24, 2.45) is 0 Å². The monoisotopic (exact) mass is 310 g/mol. The third-order valence-corrected chi connectivity index (χ3v) is 3.42. The Hall–Kier alpha value is -2.35. The molecule has 2 heterocycles. The highest BCUT2D eigenvalue weighted by atomic mass is 16.5. The van der Waals surface area contributed by atoms with E-state index < -0.39 is 24.0 Å². The van der Waals surface area contributed by atoms with E-state index >= 15 is 0 Å². The number of carboxylic acids is 1. The van der Waals surface area contributed by atoms with Gasteiger partial charge in [-0.1, -0.05) is 0 Å². The number of hydrogen-bond donors (Lipinski definition) is 2. The maximum Gasteiger partial charge on any atom is 0.305 e. The second-order valence-corrected chi connectivity index (χ2v) is 5.07. The summed E-state index contributed by atoms with van der Waals surface area (Å²) in [6.45, 7) is 2.40. The van der Waals surface area contributed by atoms with Crippen LogP contribution in [0.2, 0.25) is 0 Å². The summed E-state index contributed by atoms with van der Waals surface area (Å²) in [6.07, 6.45) is 2.47. The average Bonchev–Trinajstić information content (AvgIpc) is 3.00. The lowest BCUT2D eigenvalue weighted by Gasteiger charge is -2.36. The number of rotatable bonds is 5. The fraction of sp³-hybridized carbons (Fsp3) is 0.500. The van der Waals surface area contributed by atoms with Gasteiger partial charge in [-0.05, 0) is 13.0 Å². The van der Waals surface area contributed by atoms with Gasteiger partial charge >= 0.3 is 5.97 Å². The molecule has 2 atom stereocenters. The third-order valence-electron chi connectivity index (χ3n) is 3.42. The minimum Gasteiger partial charge on any atom is -0.481 e. The van der Waals surface area contributed by atoms with Gasteiger partial charge in [-0.3, -0.25) is 14.4 Å². The molecule has 1 aliphatic rings. The van der Waals surface area contributed by atoms with Crippen molar-refractivity contribution in [3.8, 4) is 0 Å². The first-order valence-corrected chi connectivity index (χ1v) is 6.92. The molecule has 0 spiro atoms. The Morgan fingerprint density at radius 2 is 2.27 bits per heavy atom. The van der Waals surface area contributed by atoms with E-state index in [9.17, 15) is 14.4 Å². The van der Waals surface area contributed by atoms with E-state index in [4.69, 9.17) is 14.3 Å². The van der Waals surface area contributed by atoms with E-state index in [0.717, 1.165) is 0 Å². The topological polar surface area (TPSA) is 109 Å².